The predicted molar refractivity (Wildman–Crippen MR) is 62.8 cm³/mol. The Morgan fingerprint density at radius 1 is 1.29 bits per heavy atom. The van der Waals surface area contributed by atoms with E-state index in [2.05, 4.69) is 0 Å². The first kappa shape index (κ1) is 12.0. The van der Waals surface area contributed by atoms with Crippen LogP contribution in [0.15, 0.2) is 42.7 Å². The van der Waals surface area contributed by atoms with Crippen LogP contribution in [0.5, 0.6) is 0 Å². The maximum absolute atomic E-state index is 6.04. The molecule has 1 aromatic rings. The van der Waals surface area contributed by atoms with Crippen LogP contribution in [0.2, 0.25) is 0 Å². The molecule has 0 heterocycles. The number of ether oxygens (including phenoxy) is 1. The second-order valence-corrected chi connectivity index (χ2v) is 10.5. The van der Waals surface area contributed by atoms with Gasteiger partial charge < -0.3 is 0 Å². The third-order valence-electron chi connectivity index (χ3n) is 1.80. The molecule has 1 rings (SSSR count). The van der Waals surface area contributed by atoms with Gasteiger partial charge in [-0.25, -0.2) is 0 Å². The molecule has 0 amide bonds. The van der Waals surface area contributed by atoms with Gasteiger partial charge >= 0.3 is 97.3 Å². The fourth-order valence-corrected chi connectivity index (χ4v) is 4.60. The van der Waals surface area contributed by atoms with E-state index < -0.39 is 12.5 Å². The summed E-state index contributed by atoms with van der Waals surface area (Å²) in [7, 11) is 13.7. The molecule has 4 heteroatoms. The quantitative estimate of drug-likeness (QED) is 0.610. The van der Waals surface area contributed by atoms with E-state index >= 15 is 0 Å². The molecule has 0 aromatic heterocycles. The van der Waals surface area contributed by atoms with Crippen molar-refractivity contribution in [2.45, 2.75) is 4.75 Å². The summed E-state index contributed by atoms with van der Waals surface area (Å²) in [6.45, 7) is 0. The third kappa shape index (κ3) is 3.56. The van der Waals surface area contributed by atoms with Crippen LogP contribution in [0, 0.1) is 0 Å². The number of rotatable bonds is 4. The minimum absolute atomic E-state index is 0.138. The summed E-state index contributed by atoms with van der Waals surface area (Å²) in [5, 5.41) is 0. The Morgan fingerprint density at radius 3 is 2.43 bits per heavy atom. The topological polar surface area (TPSA) is 9.23 Å². The number of halogens is 2. The van der Waals surface area contributed by atoms with Crippen LogP contribution in [0.3, 0.4) is 0 Å². The molecule has 0 N–H and O–H groups in total. The van der Waals surface area contributed by atoms with Gasteiger partial charge in [-0.15, -0.1) is 0 Å². The Kier molecular flexibility index (Phi) is 5.45. The van der Waals surface area contributed by atoms with Crippen LogP contribution in [-0.4, -0.2) is 19.6 Å². The summed E-state index contributed by atoms with van der Waals surface area (Å²) in [4.78, 5) is 0. The van der Waals surface area contributed by atoms with Crippen molar-refractivity contribution < 1.29 is 4.74 Å². The molecule has 0 fully saturated rings. The zero-order chi connectivity index (χ0) is 10.4. The summed E-state index contributed by atoms with van der Waals surface area (Å²) < 4.78 is 5.01. The van der Waals surface area contributed by atoms with Gasteiger partial charge in [-0.3, -0.25) is 0 Å². The normalized spacial score (nSPS) is 13.4. The van der Waals surface area contributed by atoms with E-state index in [0.717, 1.165) is 5.56 Å². The molecule has 1 unspecified atom stereocenters. The average molecular weight is 291 g/mol. The van der Waals surface area contributed by atoms with Crippen molar-refractivity contribution in [3.8, 4) is 0 Å². The first-order valence-corrected chi connectivity index (χ1v) is 10.9. The second-order valence-electron chi connectivity index (χ2n) is 2.74. The van der Waals surface area contributed by atoms with E-state index in [1.54, 1.807) is 13.4 Å². The monoisotopic (exact) mass is 291 g/mol. The van der Waals surface area contributed by atoms with Gasteiger partial charge in [0.05, 0.1) is 0 Å². The molecule has 0 saturated heterocycles. The van der Waals surface area contributed by atoms with Crippen molar-refractivity contribution in [2.24, 2.45) is 0 Å². The van der Waals surface area contributed by atoms with Gasteiger partial charge in [0.1, 0.15) is 0 Å². The molecular formula is C10H11Cl2GeO. The number of hydrogen-bond acceptors (Lipinski definition) is 1. The van der Waals surface area contributed by atoms with E-state index in [9.17, 15) is 0 Å². The van der Waals surface area contributed by atoms with Crippen LogP contribution in [0.1, 0.15) is 10.3 Å². The molecule has 0 aliphatic heterocycles. The number of allylic oxidation sites excluding steroid dienone is 1. The summed E-state index contributed by atoms with van der Waals surface area (Å²) >= 11 is -2.03. The van der Waals surface area contributed by atoms with Crippen LogP contribution in [0.25, 0.3) is 0 Å². The van der Waals surface area contributed by atoms with Gasteiger partial charge in [0.15, 0.2) is 0 Å². The maximum atomic E-state index is 6.04. The number of benzene rings is 1. The molecule has 1 atom stereocenters. The van der Waals surface area contributed by atoms with Crippen LogP contribution >= 0.6 is 20.0 Å². The van der Waals surface area contributed by atoms with Crippen LogP contribution in [-0.2, 0) is 4.74 Å². The molecule has 0 aliphatic rings. The number of hydrogen-bond donors (Lipinski definition) is 0. The molecule has 0 saturated carbocycles. The fourth-order valence-electron chi connectivity index (χ4n) is 1.13. The Bertz CT molecular complexity index is 287. The van der Waals surface area contributed by atoms with Gasteiger partial charge in [0.25, 0.3) is 0 Å². The minimum atomic E-state index is -2.03. The van der Waals surface area contributed by atoms with Crippen LogP contribution in [0.4, 0.5) is 0 Å². The summed E-state index contributed by atoms with van der Waals surface area (Å²) in [6.07, 6.45) is 3.56. The van der Waals surface area contributed by atoms with E-state index in [1.807, 2.05) is 36.4 Å². The first-order chi connectivity index (χ1) is 6.75. The summed E-state index contributed by atoms with van der Waals surface area (Å²) in [5.41, 5.74) is 1.15. The SMILES string of the molecule is CO/C=C/[CH](c1ccccc1)[Ge]([Cl])[Cl]. The van der Waals surface area contributed by atoms with Gasteiger partial charge in [0, 0.05) is 0 Å². The van der Waals surface area contributed by atoms with Crippen molar-refractivity contribution in [1.82, 2.24) is 0 Å². The Labute approximate surface area is 97.1 Å². The molecule has 75 valence electrons. The van der Waals surface area contributed by atoms with Gasteiger partial charge in [-0.2, -0.15) is 0 Å². The zero-order valence-corrected chi connectivity index (χ0v) is 11.4. The Morgan fingerprint density at radius 2 is 1.93 bits per heavy atom. The van der Waals surface area contributed by atoms with Crippen molar-refractivity contribution in [1.29, 1.82) is 0 Å². The molecule has 0 bridgehead atoms. The molecule has 1 aromatic carbocycles. The third-order valence-corrected chi connectivity index (χ3v) is 6.33. The summed E-state index contributed by atoms with van der Waals surface area (Å²) in [5.74, 6) is 0. The molecule has 1 radical (unpaired) electrons. The Hall–Kier alpha value is -0.117. The van der Waals surface area contributed by atoms with Crippen molar-refractivity contribution in [3.63, 3.8) is 0 Å². The predicted octanol–water partition coefficient (Wildman–Crippen LogP) is 3.44. The average Bonchev–Trinajstić information content (AvgIpc) is 2.19. The van der Waals surface area contributed by atoms with Gasteiger partial charge in [-0.1, -0.05) is 0 Å². The number of methoxy groups -OCH3 is 1. The van der Waals surface area contributed by atoms with Crippen molar-refractivity contribution >= 4 is 32.5 Å². The van der Waals surface area contributed by atoms with Crippen molar-refractivity contribution in [3.05, 3.63) is 48.2 Å². The molecule has 14 heavy (non-hydrogen) atoms. The van der Waals surface area contributed by atoms with E-state index in [1.165, 1.54) is 0 Å². The molecule has 1 nitrogen and oxygen atoms in total. The first-order valence-electron chi connectivity index (χ1n) is 4.18. The molecule has 0 spiro atoms. The van der Waals surface area contributed by atoms with Gasteiger partial charge in [0.2, 0.25) is 0 Å². The van der Waals surface area contributed by atoms with Gasteiger partial charge in [-0.05, 0) is 0 Å². The van der Waals surface area contributed by atoms with E-state index in [4.69, 9.17) is 24.8 Å². The zero-order valence-electron chi connectivity index (χ0n) is 7.78. The second kappa shape index (κ2) is 6.38. The molecular weight excluding hydrogens is 280 g/mol. The fraction of sp³-hybridized carbons (Fsp3) is 0.200. The summed E-state index contributed by atoms with van der Waals surface area (Å²) in [6, 6.07) is 10.0. The van der Waals surface area contributed by atoms with E-state index in [-0.39, 0.29) is 4.75 Å². The van der Waals surface area contributed by atoms with Crippen LogP contribution < -0.4 is 0 Å². The Balaban J connectivity index is 2.83. The van der Waals surface area contributed by atoms with Crippen molar-refractivity contribution in [2.75, 3.05) is 7.11 Å². The standard InChI is InChI=1S/C10H11Cl2GeO/c1-14-8-7-10(13(11)12)9-5-3-2-4-6-9/h2-8,10H,1H3/b8-7+. The molecule has 0 aliphatic carbocycles. The van der Waals surface area contributed by atoms with E-state index in [0.29, 0.717) is 0 Å².